The van der Waals surface area contributed by atoms with Gasteiger partial charge >= 0.3 is 0 Å². The molecule has 0 nitrogen and oxygen atoms in total. The van der Waals surface area contributed by atoms with E-state index in [9.17, 15) is 0 Å². The van der Waals surface area contributed by atoms with Crippen molar-refractivity contribution < 1.29 is 0 Å². The summed E-state index contributed by atoms with van der Waals surface area (Å²) >= 11 is 0. The van der Waals surface area contributed by atoms with Crippen molar-refractivity contribution in [3.63, 3.8) is 0 Å². The van der Waals surface area contributed by atoms with E-state index in [2.05, 4.69) is 20.8 Å². The molecule has 90 valence electrons. The first-order chi connectivity index (χ1) is 7.17. The van der Waals surface area contributed by atoms with E-state index in [1.807, 2.05) is 0 Å². The molecule has 1 aliphatic rings. The normalized spacial score (nSPS) is 28.6. The van der Waals surface area contributed by atoms with E-state index in [-0.39, 0.29) is 0 Å². The summed E-state index contributed by atoms with van der Waals surface area (Å²) < 4.78 is 0. The average Bonchev–Trinajstić information content (AvgIpc) is 2.19. The zero-order chi connectivity index (χ0) is 11.1. The highest BCUT2D eigenvalue weighted by Gasteiger charge is 2.27. The predicted octanol–water partition coefficient (Wildman–Crippen LogP) is 5.56. The van der Waals surface area contributed by atoms with Crippen molar-refractivity contribution in [2.75, 3.05) is 0 Å². The maximum absolute atomic E-state index is 2.51. The van der Waals surface area contributed by atoms with Crippen LogP contribution in [0, 0.1) is 11.3 Å². The third-order valence-corrected chi connectivity index (χ3v) is 4.37. The molecule has 0 radical (unpaired) electrons. The van der Waals surface area contributed by atoms with Gasteiger partial charge in [0, 0.05) is 0 Å². The maximum atomic E-state index is 2.51. The Labute approximate surface area is 96.8 Å². The van der Waals surface area contributed by atoms with Crippen LogP contribution in [0.4, 0.5) is 0 Å². The molecule has 0 heteroatoms. The second-order valence-corrected chi connectivity index (χ2v) is 6.13. The third kappa shape index (κ3) is 4.57. The van der Waals surface area contributed by atoms with E-state index in [4.69, 9.17) is 0 Å². The SMILES string of the molecule is CCCC1CCCCCCCCC1(C)C. The highest BCUT2D eigenvalue weighted by atomic mass is 14.3. The first kappa shape index (κ1) is 13.1. The lowest BCUT2D eigenvalue weighted by Crippen LogP contribution is -2.24. The fourth-order valence-corrected chi connectivity index (χ4v) is 3.16. The molecule has 0 N–H and O–H groups in total. The van der Waals surface area contributed by atoms with Crippen LogP contribution in [0.15, 0.2) is 0 Å². The van der Waals surface area contributed by atoms with Gasteiger partial charge in [-0.25, -0.2) is 0 Å². The third-order valence-electron chi connectivity index (χ3n) is 4.37. The fourth-order valence-electron chi connectivity index (χ4n) is 3.16. The van der Waals surface area contributed by atoms with Crippen LogP contribution in [0.1, 0.15) is 85.0 Å². The molecule has 0 heterocycles. The van der Waals surface area contributed by atoms with E-state index in [1.54, 1.807) is 0 Å². The van der Waals surface area contributed by atoms with Crippen LogP contribution in [0.2, 0.25) is 0 Å². The summed E-state index contributed by atoms with van der Waals surface area (Å²) in [5.41, 5.74) is 0.605. The molecule has 1 aliphatic carbocycles. The van der Waals surface area contributed by atoms with E-state index in [1.165, 1.54) is 64.2 Å². The Morgan fingerprint density at radius 2 is 1.53 bits per heavy atom. The molecule has 0 aromatic rings. The first-order valence-corrected chi connectivity index (χ1v) is 7.17. The zero-order valence-electron chi connectivity index (χ0n) is 11.1. The minimum atomic E-state index is 0.605. The van der Waals surface area contributed by atoms with Gasteiger partial charge in [-0.1, -0.05) is 72.1 Å². The highest BCUT2D eigenvalue weighted by Crippen LogP contribution is 2.39. The molecular weight excluding hydrogens is 180 g/mol. The van der Waals surface area contributed by atoms with Crippen LogP contribution in [-0.2, 0) is 0 Å². The van der Waals surface area contributed by atoms with Gasteiger partial charge in [0.2, 0.25) is 0 Å². The van der Waals surface area contributed by atoms with Crippen molar-refractivity contribution in [1.82, 2.24) is 0 Å². The minimum absolute atomic E-state index is 0.605. The first-order valence-electron chi connectivity index (χ1n) is 7.17. The van der Waals surface area contributed by atoms with Gasteiger partial charge in [-0.3, -0.25) is 0 Å². The van der Waals surface area contributed by atoms with Crippen molar-refractivity contribution in [2.45, 2.75) is 85.0 Å². The molecule has 1 atom stereocenters. The summed E-state index contributed by atoms with van der Waals surface area (Å²) in [7, 11) is 0. The molecule has 0 aromatic carbocycles. The molecule has 0 amide bonds. The van der Waals surface area contributed by atoms with Crippen molar-refractivity contribution >= 4 is 0 Å². The van der Waals surface area contributed by atoms with Crippen LogP contribution >= 0.6 is 0 Å². The lowest BCUT2D eigenvalue weighted by molar-refractivity contribution is 0.157. The lowest BCUT2D eigenvalue weighted by Gasteiger charge is -2.35. The molecule has 1 rings (SSSR count). The van der Waals surface area contributed by atoms with Crippen LogP contribution in [0.5, 0.6) is 0 Å². The maximum Gasteiger partial charge on any atom is -0.0326 e. The lowest BCUT2D eigenvalue weighted by atomic mass is 9.70. The topological polar surface area (TPSA) is 0 Å². The van der Waals surface area contributed by atoms with Crippen LogP contribution in [-0.4, -0.2) is 0 Å². The van der Waals surface area contributed by atoms with Crippen LogP contribution < -0.4 is 0 Å². The second kappa shape index (κ2) is 6.55. The molecule has 15 heavy (non-hydrogen) atoms. The molecule has 1 unspecified atom stereocenters. The monoisotopic (exact) mass is 210 g/mol. The average molecular weight is 210 g/mol. The quantitative estimate of drug-likeness (QED) is 0.559. The van der Waals surface area contributed by atoms with Crippen LogP contribution in [0.25, 0.3) is 0 Å². The Hall–Kier alpha value is 0. The van der Waals surface area contributed by atoms with Gasteiger partial charge in [-0.15, -0.1) is 0 Å². The molecule has 0 saturated heterocycles. The Kier molecular flexibility index (Phi) is 5.71. The number of hydrogen-bond acceptors (Lipinski definition) is 0. The van der Waals surface area contributed by atoms with Gasteiger partial charge in [0.15, 0.2) is 0 Å². The molecule has 0 bridgehead atoms. The van der Waals surface area contributed by atoms with Gasteiger partial charge < -0.3 is 0 Å². The van der Waals surface area contributed by atoms with E-state index in [0.717, 1.165) is 5.92 Å². The molecule has 1 saturated carbocycles. The summed E-state index contributed by atoms with van der Waals surface area (Å²) in [5.74, 6) is 0.987. The standard InChI is InChI=1S/C15H30/c1-4-11-14-12-9-7-5-6-8-10-13-15(14,2)3/h14H,4-13H2,1-3H3. The van der Waals surface area contributed by atoms with Crippen molar-refractivity contribution in [1.29, 1.82) is 0 Å². The molecule has 0 aromatic heterocycles. The van der Waals surface area contributed by atoms with E-state index < -0.39 is 0 Å². The second-order valence-electron chi connectivity index (χ2n) is 6.13. The number of hydrogen-bond donors (Lipinski definition) is 0. The largest absolute Gasteiger partial charge is 0.0654 e. The molecule has 0 spiro atoms. The Morgan fingerprint density at radius 3 is 2.20 bits per heavy atom. The summed E-state index contributed by atoms with van der Waals surface area (Å²) in [5, 5.41) is 0. The van der Waals surface area contributed by atoms with Crippen molar-refractivity contribution in [3.8, 4) is 0 Å². The van der Waals surface area contributed by atoms with E-state index in [0.29, 0.717) is 5.41 Å². The highest BCUT2D eigenvalue weighted by molar-refractivity contribution is 4.79. The molecular formula is C15H30. The van der Waals surface area contributed by atoms with Gasteiger partial charge in [-0.05, 0) is 24.2 Å². The minimum Gasteiger partial charge on any atom is -0.0654 e. The van der Waals surface area contributed by atoms with Crippen molar-refractivity contribution in [3.05, 3.63) is 0 Å². The summed E-state index contributed by atoms with van der Waals surface area (Å²) in [6, 6.07) is 0. The molecule has 0 aliphatic heterocycles. The smallest absolute Gasteiger partial charge is 0.0326 e. The van der Waals surface area contributed by atoms with Gasteiger partial charge in [0.05, 0.1) is 0 Å². The Balaban J connectivity index is 2.51. The summed E-state index contributed by atoms with van der Waals surface area (Å²) in [4.78, 5) is 0. The summed E-state index contributed by atoms with van der Waals surface area (Å²) in [6.45, 7) is 7.36. The Bertz CT molecular complexity index is 157. The van der Waals surface area contributed by atoms with Gasteiger partial charge in [0.25, 0.3) is 0 Å². The zero-order valence-corrected chi connectivity index (χ0v) is 11.1. The van der Waals surface area contributed by atoms with Gasteiger partial charge in [-0.2, -0.15) is 0 Å². The Morgan fingerprint density at radius 1 is 0.933 bits per heavy atom. The number of rotatable bonds is 2. The molecule has 1 fully saturated rings. The predicted molar refractivity (Wildman–Crippen MR) is 69.1 cm³/mol. The summed E-state index contributed by atoms with van der Waals surface area (Å²) in [6.07, 6.45) is 14.6. The van der Waals surface area contributed by atoms with Crippen LogP contribution in [0.3, 0.4) is 0 Å². The van der Waals surface area contributed by atoms with E-state index >= 15 is 0 Å². The fraction of sp³-hybridized carbons (Fsp3) is 1.00. The van der Waals surface area contributed by atoms with Gasteiger partial charge in [0.1, 0.15) is 0 Å². The van der Waals surface area contributed by atoms with Crippen molar-refractivity contribution in [2.24, 2.45) is 11.3 Å².